The van der Waals surface area contributed by atoms with Gasteiger partial charge < -0.3 is 5.11 Å². The Labute approximate surface area is 67.6 Å². The molecule has 0 aromatic heterocycles. The summed E-state index contributed by atoms with van der Waals surface area (Å²) in [6, 6.07) is 0. The third-order valence-corrected chi connectivity index (χ3v) is 1.36. The number of hydrogen-bond donors (Lipinski definition) is 1. The minimum absolute atomic E-state index is 0. The molecule has 0 amide bonds. The van der Waals surface area contributed by atoms with Crippen LogP contribution in [-0.4, -0.2) is 11.1 Å². The molecule has 1 aliphatic rings. The van der Waals surface area contributed by atoms with Gasteiger partial charge in [-0.15, -0.1) is 0 Å². The van der Waals surface area contributed by atoms with Gasteiger partial charge in [-0.3, -0.25) is 4.79 Å². The van der Waals surface area contributed by atoms with Crippen LogP contribution in [0, 0.1) is 5.92 Å². The molecule has 0 aliphatic heterocycles. The average molecular weight is 298 g/mol. The average Bonchev–Trinajstić information content (AvgIpc) is 2.12. The van der Waals surface area contributed by atoms with Crippen molar-refractivity contribution >= 4 is 5.97 Å². The molecule has 1 N–H and O–H groups in total. The van der Waals surface area contributed by atoms with Gasteiger partial charge >= 0.3 is 5.97 Å². The van der Waals surface area contributed by atoms with Crippen molar-refractivity contribution in [3.8, 4) is 0 Å². The normalized spacial score (nSPS) is 17.3. The molecule has 0 heterocycles. The van der Waals surface area contributed by atoms with Crippen molar-refractivity contribution in [1.29, 1.82) is 0 Å². The van der Waals surface area contributed by atoms with Gasteiger partial charge in [0.05, 0.1) is 5.92 Å². The van der Waals surface area contributed by atoms with E-state index >= 15 is 0 Å². The summed E-state index contributed by atoms with van der Waals surface area (Å²) in [5, 5.41) is 8.37. The maximum Gasteiger partial charge on any atom is 0.307 e. The summed E-state index contributed by atoms with van der Waals surface area (Å²) in [5.41, 5.74) is 0. The molecule has 0 saturated carbocycles. The molecule has 0 bridgehead atoms. The number of carboxylic acid groups (broad SMARTS) is 1. The molecular weight excluding hydrogens is 290 g/mol. The first-order valence-electron chi connectivity index (χ1n) is 2.68. The summed E-state index contributed by atoms with van der Waals surface area (Å²) >= 11 is 0. The van der Waals surface area contributed by atoms with E-state index in [4.69, 9.17) is 5.11 Å². The van der Waals surface area contributed by atoms with Crippen LogP contribution < -0.4 is 0 Å². The standard InChI is InChI=1S/C6H8O2.Re/c7-6(8)5-3-1-2-4-5;/h1-2,5H,3-4H2,(H,7,8);. The number of aliphatic carboxylic acids is 1. The maximum absolute atomic E-state index is 10.2. The van der Waals surface area contributed by atoms with Crippen LogP contribution in [0.3, 0.4) is 0 Å². The summed E-state index contributed by atoms with van der Waals surface area (Å²) in [6.07, 6.45) is 5.27. The monoisotopic (exact) mass is 299 g/mol. The third-order valence-electron chi connectivity index (χ3n) is 1.36. The zero-order chi connectivity index (χ0) is 5.98. The van der Waals surface area contributed by atoms with Crippen molar-refractivity contribution < 1.29 is 30.3 Å². The van der Waals surface area contributed by atoms with Gasteiger partial charge in [0.15, 0.2) is 0 Å². The molecule has 1 radical (unpaired) electrons. The van der Waals surface area contributed by atoms with Crippen LogP contribution in [0.5, 0.6) is 0 Å². The topological polar surface area (TPSA) is 37.3 Å². The van der Waals surface area contributed by atoms with Crippen molar-refractivity contribution in [2.75, 3.05) is 0 Å². The Morgan fingerprint density at radius 1 is 1.44 bits per heavy atom. The predicted octanol–water partition coefficient (Wildman–Crippen LogP) is 1.03. The van der Waals surface area contributed by atoms with Gasteiger partial charge in [-0.2, -0.15) is 0 Å². The molecule has 1 aliphatic carbocycles. The molecule has 51 valence electrons. The second-order valence-electron chi connectivity index (χ2n) is 1.98. The van der Waals surface area contributed by atoms with Gasteiger partial charge in [-0.1, -0.05) is 12.2 Å². The molecular formula is C6H8O2Re. The number of rotatable bonds is 1. The van der Waals surface area contributed by atoms with E-state index in [2.05, 4.69) is 0 Å². The minimum Gasteiger partial charge on any atom is -0.481 e. The van der Waals surface area contributed by atoms with Gasteiger partial charge in [0.1, 0.15) is 0 Å². The molecule has 0 aromatic carbocycles. The van der Waals surface area contributed by atoms with E-state index in [1.165, 1.54) is 0 Å². The Hall–Kier alpha value is -0.128. The van der Waals surface area contributed by atoms with Gasteiger partial charge in [0.2, 0.25) is 0 Å². The fraction of sp³-hybridized carbons (Fsp3) is 0.500. The van der Waals surface area contributed by atoms with Crippen LogP contribution in [0.25, 0.3) is 0 Å². The van der Waals surface area contributed by atoms with Crippen LogP contribution in [0.2, 0.25) is 0 Å². The van der Waals surface area contributed by atoms with Crippen molar-refractivity contribution in [3.63, 3.8) is 0 Å². The first-order chi connectivity index (χ1) is 3.80. The molecule has 0 aromatic rings. The Morgan fingerprint density at radius 2 is 1.89 bits per heavy atom. The Kier molecular flexibility index (Phi) is 3.76. The predicted molar refractivity (Wildman–Crippen MR) is 29.5 cm³/mol. The Balaban J connectivity index is 0.000000640. The van der Waals surface area contributed by atoms with E-state index in [0.717, 1.165) is 12.8 Å². The van der Waals surface area contributed by atoms with Crippen LogP contribution >= 0.6 is 0 Å². The van der Waals surface area contributed by atoms with E-state index in [0.29, 0.717) is 0 Å². The summed E-state index contributed by atoms with van der Waals surface area (Å²) in [4.78, 5) is 10.2. The summed E-state index contributed by atoms with van der Waals surface area (Å²) in [5.74, 6) is -0.801. The molecule has 3 heteroatoms. The maximum atomic E-state index is 10.2. The number of allylic oxidation sites excluding steroid dienone is 2. The van der Waals surface area contributed by atoms with E-state index < -0.39 is 5.97 Å². The zero-order valence-corrected chi connectivity index (χ0v) is 7.60. The quantitative estimate of drug-likeness (QED) is 0.734. The second-order valence-corrected chi connectivity index (χ2v) is 1.98. The Morgan fingerprint density at radius 3 is 2.11 bits per heavy atom. The molecule has 0 atom stereocenters. The fourth-order valence-corrected chi connectivity index (χ4v) is 0.819. The summed E-state index contributed by atoms with van der Waals surface area (Å²) in [7, 11) is 0. The van der Waals surface area contributed by atoms with Crippen molar-refractivity contribution in [2.45, 2.75) is 12.8 Å². The largest absolute Gasteiger partial charge is 0.481 e. The Bertz CT molecular complexity index is 123. The smallest absolute Gasteiger partial charge is 0.307 e. The molecule has 0 unspecified atom stereocenters. The first-order valence-corrected chi connectivity index (χ1v) is 2.68. The molecule has 0 fully saturated rings. The van der Waals surface area contributed by atoms with E-state index in [1.807, 2.05) is 12.2 Å². The van der Waals surface area contributed by atoms with Crippen molar-refractivity contribution in [1.82, 2.24) is 0 Å². The van der Waals surface area contributed by atoms with Crippen LogP contribution in [0.1, 0.15) is 12.8 Å². The molecule has 0 spiro atoms. The first kappa shape index (κ1) is 8.87. The van der Waals surface area contributed by atoms with Crippen molar-refractivity contribution in [2.24, 2.45) is 5.92 Å². The van der Waals surface area contributed by atoms with E-state index in [-0.39, 0.29) is 26.3 Å². The number of carboxylic acids is 1. The number of hydrogen-bond acceptors (Lipinski definition) is 1. The minimum atomic E-state index is -0.671. The van der Waals surface area contributed by atoms with Crippen LogP contribution in [0.15, 0.2) is 12.2 Å². The summed E-state index contributed by atoms with van der Waals surface area (Å²) < 4.78 is 0. The van der Waals surface area contributed by atoms with Gasteiger partial charge in [-0.05, 0) is 12.8 Å². The van der Waals surface area contributed by atoms with Gasteiger partial charge in [0.25, 0.3) is 0 Å². The van der Waals surface area contributed by atoms with Gasteiger partial charge in [0, 0.05) is 20.4 Å². The van der Waals surface area contributed by atoms with Crippen LogP contribution in [-0.2, 0) is 25.2 Å². The molecule has 2 nitrogen and oxygen atoms in total. The van der Waals surface area contributed by atoms with E-state index in [9.17, 15) is 4.79 Å². The molecule has 1 rings (SSSR count). The van der Waals surface area contributed by atoms with E-state index in [1.54, 1.807) is 0 Å². The van der Waals surface area contributed by atoms with Crippen LogP contribution in [0.4, 0.5) is 0 Å². The second kappa shape index (κ2) is 3.81. The summed E-state index contributed by atoms with van der Waals surface area (Å²) in [6.45, 7) is 0. The molecule has 0 saturated heterocycles. The SMILES string of the molecule is O=C(O)C1CC=CC1.[Re]. The zero-order valence-electron chi connectivity index (χ0n) is 4.88. The third kappa shape index (κ3) is 2.30. The number of carbonyl (C=O) groups is 1. The molecule has 9 heavy (non-hydrogen) atoms. The van der Waals surface area contributed by atoms with Crippen molar-refractivity contribution in [3.05, 3.63) is 12.2 Å². The van der Waals surface area contributed by atoms with Gasteiger partial charge in [-0.25, -0.2) is 0 Å². The fourth-order valence-electron chi connectivity index (χ4n) is 0.819.